The monoisotopic (exact) mass is 352 g/mol. The molecule has 0 atom stereocenters. The van der Waals surface area contributed by atoms with Crippen LogP contribution in [0.25, 0.3) is 0 Å². The Morgan fingerprint density at radius 3 is 2.71 bits per heavy atom. The number of halogens is 1. The van der Waals surface area contributed by atoms with Crippen molar-refractivity contribution in [1.29, 1.82) is 0 Å². The molecule has 0 spiro atoms. The molecule has 7 heteroatoms. The Hall–Kier alpha value is -1.73. The Labute approximate surface area is 131 Å². The van der Waals surface area contributed by atoms with E-state index in [0.717, 1.165) is 23.4 Å². The van der Waals surface area contributed by atoms with E-state index in [1.54, 1.807) is 6.07 Å². The first-order valence-electron chi connectivity index (χ1n) is 6.59. The normalized spacial score (nSPS) is 10.9. The van der Waals surface area contributed by atoms with Crippen LogP contribution in [0.5, 0.6) is 0 Å². The van der Waals surface area contributed by atoms with Gasteiger partial charge in [-0.05, 0) is 44.0 Å². The standard InChI is InChI=1S/C14H17BrN4O2/c1-9-13(5-6-16)10(2)18(17-9)8-11-3-4-12(19(20)21)7-14(11)15/h3-4,7H,5-6,8,16H2,1-2H3. The summed E-state index contributed by atoms with van der Waals surface area (Å²) in [7, 11) is 0. The number of aromatic nitrogens is 2. The van der Waals surface area contributed by atoms with Gasteiger partial charge in [0.25, 0.3) is 5.69 Å². The molecule has 2 aromatic rings. The van der Waals surface area contributed by atoms with E-state index < -0.39 is 4.92 Å². The third-order valence-corrected chi connectivity index (χ3v) is 4.23. The third kappa shape index (κ3) is 3.30. The lowest BCUT2D eigenvalue weighted by Crippen LogP contribution is -2.07. The van der Waals surface area contributed by atoms with Crippen LogP contribution in [0.1, 0.15) is 22.5 Å². The Morgan fingerprint density at radius 1 is 1.43 bits per heavy atom. The average molecular weight is 353 g/mol. The zero-order chi connectivity index (χ0) is 15.6. The first-order valence-corrected chi connectivity index (χ1v) is 7.39. The van der Waals surface area contributed by atoms with Gasteiger partial charge in [0.15, 0.2) is 0 Å². The molecule has 0 saturated carbocycles. The predicted molar refractivity (Wildman–Crippen MR) is 84.4 cm³/mol. The fourth-order valence-electron chi connectivity index (χ4n) is 2.33. The first kappa shape index (κ1) is 15.7. The smallest absolute Gasteiger partial charge is 0.270 e. The van der Waals surface area contributed by atoms with Crippen molar-refractivity contribution in [3.8, 4) is 0 Å². The molecule has 1 aromatic heterocycles. The fourth-order valence-corrected chi connectivity index (χ4v) is 2.83. The van der Waals surface area contributed by atoms with Gasteiger partial charge in [-0.25, -0.2) is 0 Å². The summed E-state index contributed by atoms with van der Waals surface area (Å²) in [6.45, 7) is 5.15. The number of benzene rings is 1. The van der Waals surface area contributed by atoms with Crippen LogP contribution in [0.15, 0.2) is 22.7 Å². The van der Waals surface area contributed by atoms with E-state index in [-0.39, 0.29) is 5.69 Å². The Balaban J connectivity index is 2.30. The second-order valence-electron chi connectivity index (χ2n) is 4.88. The van der Waals surface area contributed by atoms with Crippen molar-refractivity contribution in [1.82, 2.24) is 9.78 Å². The number of hydrogen-bond donors (Lipinski definition) is 1. The molecule has 1 heterocycles. The number of hydrogen-bond acceptors (Lipinski definition) is 4. The van der Waals surface area contributed by atoms with Crippen molar-refractivity contribution in [3.63, 3.8) is 0 Å². The van der Waals surface area contributed by atoms with Gasteiger partial charge in [-0.1, -0.05) is 15.9 Å². The van der Waals surface area contributed by atoms with E-state index in [0.29, 0.717) is 17.6 Å². The van der Waals surface area contributed by atoms with Gasteiger partial charge in [-0.3, -0.25) is 14.8 Å². The van der Waals surface area contributed by atoms with Gasteiger partial charge in [-0.15, -0.1) is 0 Å². The second-order valence-corrected chi connectivity index (χ2v) is 5.73. The molecule has 21 heavy (non-hydrogen) atoms. The lowest BCUT2D eigenvalue weighted by Gasteiger charge is -2.07. The van der Waals surface area contributed by atoms with Gasteiger partial charge in [-0.2, -0.15) is 5.10 Å². The molecule has 0 amide bonds. The molecular formula is C14H17BrN4O2. The summed E-state index contributed by atoms with van der Waals surface area (Å²) in [5, 5.41) is 15.3. The summed E-state index contributed by atoms with van der Waals surface area (Å²) < 4.78 is 2.62. The number of nitrogens with two attached hydrogens (primary N) is 1. The molecule has 6 nitrogen and oxygen atoms in total. The zero-order valence-electron chi connectivity index (χ0n) is 12.0. The molecule has 0 unspecified atom stereocenters. The van der Waals surface area contributed by atoms with Gasteiger partial charge in [0.2, 0.25) is 0 Å². The quantitative estimate of drug-likeness (QED) is 0.661. The summed E-state index contributed by atoms with van der Waals surface area (Å²) in [5.74, 6) is 0. The summed E-state index contributed by atoms with van der Waals surface area (Å²) in [6, 6.07) is 4.77. The zero-order valence-corrected chi connectivity index (χ0v) is 13.6. The minimum Gasteiger partial charge on any atom is -0.330 e. The molecule has 0 radical (unpaired) electrons. The maximum atomic E-state index is 10.8. The second kappa shape index (κ2) is 6.36. The van der Waals surface area contributed by atoms with Crippen molar-refractivity contribution >= 4 is 21.6 Å². The average Bonchev–Trinajstić information content (AvgIpc) is 2.69. The topological polar surface area (TPSA) is 87.0 Å². The van der Waals surface area contributed by atoms with Gasteiger partial charge in [0, 0.05) is 22.3 Å². The first-order chi connectivity index (χ1) is 9.93. The van der Waals surface area contributed by atoms with E-state index in [2.05, 4.69) is 21.0 Å². The molecule has 0 aliphatic heterocycles. The number of nitro groups is 1. The SMILES string of the molecule is Cc1nn(Cc2ccc([N+](=O)[O-])cc2Br)c(C)c1CCN. The fraction of sp³-hybridized carbons (Fsp3) is 0.357. The molecule has 0 aliphatic rings. The van der Waals surface area contributed by atoms with Crippen molar-refractivity contribution < 1.29 is 4.92 Å². The Kier molecular flexibility index (Phi) is 4.74. The van der Waals surface area contributed by atoms with Gasteiger partial charge < -0.3 is 5.73 Å². The number of aryl methyl sites for hydroxylation is 1. The minimum atomic E-state index is -0.406. The molecule has 0 saturated heterocycles. The molecule has 0 aliphatic carbocycles. The van der Waals surface area contributed by atoms with Crippen molar-refractivity contribution in [2.75, 3.05) is 6.54 Å². The number of rotatable bonds is 5. The van der Waals surface area contributed by atoms with Crippen LogP contribution in [-0.4, -0.2) is 21.2 Å². The highest BCUT2D eigenvalue weighted by atomic mass is 79.9. The van der Waals surface area contributed by atoms with Crippen molar-refractivity contribution in [3.05, 3.63) is 55.3 Å². The highest BCUT2D eigenvalue weighted by molar-refractivity contribution is 9.10. The molecule has 0 fully saturated rings. The molecule has 2 N–H and O–H groups in total. The maximum absolute atomic E-state index is 10.8. The Bertz CT molecular complexity index is 682. The molecular weight excluding hydrogens is 336 g/mol. The highest BCUT2D eigenvalue weighted by Crippen LogP contribution is 2.24. The number of nitro benzene ring substituents is 1. The van der Waals surface area contributed by atoms with Crippen molar-refractivity contribution in [2.45, 2.75) is 26.8 Å². The van der Waals surface area contributed by atoms with E-state index in [1.165, 1.54) is 17.7 Å². The van der Waals surface area contributed by atoms with Crippen LogP contribution in [0.4, 0.5) is 5.69 Å². The predicted octanol–water partition coefficient (Wildman–Crippen LogP) is 2.72. The minimum absolute atomic E-state index is 0.0720. The van der Waals surface area contributed by atoms with Gasteiger partial charge >= 0.3 is 0 Å². The van der Waals surface area contributed by atoms with Gasteiger partial charge in [0.05, 0.1) is 17.2 Å². The van der Waals surface area contributed by atoms with Crippen LogP contribution in [-0.2, 0) is 13.0 Å². The summed E-state index contributed by atoms with van der Waals surface area (Å²) in [5.41, 5.74) is 9.89. The van der Waals surface area contributed by atoms with E-state index >= 15 is 0 Å². The molecule has 112 valence electrons. The molecule has 0 bridgehead atoms. The van der Waals surface area contributed by atoms with E-state index in [9.17, 15) is 10.1 Å². The summed E-state index contributed by atoms with van der Waals surface area (Å²) >= 11 is 3.39. The highest BCUT2D eigenvalue weighted by Gasteiger charge is 2.14. The molecule has 1 aromatic carbocycles. The Morgan fingerprint density at radius 2 is 2.14 bits per heavy atom. The van der Waals surface area contributed by atoms with Crippen LogP contribution in [0, 0.1) is 24.0 Å². The summed E-state index contributed by atoms with van der Waals surface area (Å²) in [6.07, 6.45) is 0.805. The lowest BCUT2D eigenvalue weighted by molar-refractivity contribution is -0.384. The molecule has 2 rings (SSSR count). The number of non-ortho nitro benzene ring substituents is 1. The van der Waals surface area contributed by atoms with Crippen LogP contribution in [0.2, 0.25) is 0 Å². The van der Waals surface area contributed by atoms with Crippen LogP contribution >= 0.6 is 15.9 Å². The number of nitrogens with zero attached hydrogens (tertiary/aromatic N) is 3. The lowest BCUT2D eigenvalue weighted by atomic mass is 10.1. The van der Waals surface area contributed by atoms with Gasteiger partial charge in [0.1, 0.15) is 0 Å². The largest absolute Gasteiger partial charge is 0.330 e. The maximum Gasteiger partial charge on any atom is 0.270 e. The van der Waals surface area contributed by atoms with Crippen LogP contribution in [0.3, 0.4) is 0 Å². The van der Waals surface area contributed by atoms with E-state index in [1.807, 2.05) is 18.5 Å². The van der Waals surface area contributed by atoms with Crippen LogP contribution < -0.4 is 5.73 Å². The van der Waals surface area contributed by atoms with Crippen molar-refractivity contribution in [2.24, 2.45) is 5.73 Å². The summed E-state index contributed by atoms with van der Waals surface area (Å²) in [4.78, 5) is 10.3. The van der Waals surface area contributed by atoms with E-state index in [4.69, 9.17) is 5.73 Å². The third-order valence-electron chi connectivity index (χ3n) is 3.49.